The molecule has 0 saturated carbocycles. The van der Waals surface area contributed by atoms with E-state index in [1.165, 1.54) is 7.11 Å². The lowest BCUT2D eigenvalue weighted by atomic mass is 10.1. The van der Waals surface area contributed by atoms with Gasteiger partial charge in [-0.2, -0.15) is 0 Å². The number of aromatic nitrogens is 1. The number of ether oxygens (including phenoxy) is 1. The first-order valence-corrected chi connectivity index (χ1v) is 6.53. The number of esters is 1. The molecular formula is C16H18N2O2. The normalized spacial score (nSPS) is 11.9. The Morgan fingerprint density at radius 2 is 2.00 bits per heavy atom. The Balaban J connectivity index is 2.06. The van der Waals surface area contributed by atoms with Gasteiger partial charge in [-0.3, -0.25) is 4.98 Å². The Bertz CT molecular complexity index is 570. The summed E-state index contributed by atoms with van der Waals surface area (Å²) in [6.07, 6.45) is 1.77. The van der Waals surface area contributed by atoms with Crippen LogP contribution in [0.2, 0.25) is 0 Å². The van der Waals surface area contributed by atoms with Crippen LogP contribution in [0.4, 0.5) is 0 Å². The smallest absolute Gasteiger partial charge is 0.338 e. The van der Waals surface area contributed by atoms with Crippen LogP contribution in [0.25, 0.3) is 0 Å². The summed E-state index contributed by atoms with van der Waals surface area (Å²) in [4.78, 5) is 16.0. The van der Waals surface area contributed by atoms with E-state index in [-0.39, 0.29) is 12.0 Å². The second kappa shape index (κ2) is 6.82. The fraction of sp³-hybridized carbons (Fsp3) is 0.250. The van der Waals surface area contributed by atoms with Crippen molar-refractivity contribution in [1.29, 1.82) is 0 Å². The van der Waals surface area contributed by atoms with Gasteiger partial charge in [0.2, 0.25) is 0 Å². The van der Waals surface area contributed by atoms with E-state index in [9.17, 15) is 4.79 Å². The van der Waals surface area contributed by atoms with Crippen molar-refractivity contribution in [2.45, 2.75) is 19.5 Å². The van der Waals surface area contributed by atoms with Crippen molar-refractivity contribution >= 4 is 5.97 Å². The van der Waals surface area contributed by atoms with E-state index in [2.05, 4.69) is 10.3 Å². The Morgan fingerprint density at radius 3 is 2.70 bits per heavy atom. The average molecular weight is 270 g/mol. The number of nitrogens with one attached hydrogen (secondary N) is 1. The van der Waals surface area contributed by atoms with Crippen molar-refractivity contribution in [3.05, 3.63) is 65.5 Å². The third-order valence-corrected chi connectivity index (χ3v) is 3.15. The van der Waals surface area contributed by atoms with Crippen molar-refractivity contribution in [3.63, 3.8) is 0 Å². The number of rotatable bonds is 5. The molecule has 1 N–H and O–H groups in total. The molecule has 0 radical (unpaired) electrons. The third kappa shape index (κ3) is 3.42. The van der Waals surface area contributed by atoms with Gasteiger partial charge in [-0.15, -0.1) is 0 Å². The minimum absolute atomic E-state index is 0.113. The summed E-state index contributed by atoms with van der Waals surface area (Å²) >= 11 is 0. The number of pyridine rings is 1. The maximum Gasteiger partial charge on any atom is 0.338 e. The van der Waals surface area contributed by atoms with Gasteiger partial charge in [0, 0.05) is 18.8 Å². The van der Waals surface area contributed by atoms with Crippen molar-refractivity contribution in [3.8, 4) is 0 Å². The third-order valence-electron chi connectivity index (χ3n) is 3.15. The highest BCUT2D eigenvalue weighted by molar-refractivity contribution is 5.90. The van der Waals surface area contributed by atoms with E-state index >= 15 is 0 Å². The first-order chi connectivity index (χ1) is 9.72. The van der Waals surface area contributed by atoms with Gasteiger partial charge < -0.3 is 10.1 Å². The fourth-order valence-corrected chi connectivity index (χ4v) is 1.98. The van der Waals surface area contributed by atoms with Crippen LogP contribution in [-0.2, 0) is 11.3 Å². The summed E-state index contributed by atoms with van der Waals surface area (Å²) in [5.41, 5.74) is 2.49. The van der Waals surface area contributed by atoms with Crippen LogP contribution in [0.5, 0.6) is 0 Å². The number of nitrogens with zero attached hydrogens (tertiary/aromatic N) is 1. The van der Waals surface area contributed by atoms with Crippen LogP contribution in [0.3, 0.4) is 0 Å². The van der Waals surface area contributed by atoms with Gasteiger partial charge in [-0.25, -0.2) is 4.79 Å². The molecule has 0 aliphatic rings. The molecule has 0 aliphatic heterocycles. The van der Waals surface area contributed by atoms with E-state index in [0.29, 0.717) is 12.1 Å². The number of hydrogen-bond acceptors (Lipinski definition) is 4. The standard InChI is InChI=1S/C16H18N2O2/c1-12(15-9-5-6-10-17-15)18-11-13-7-3-4-8-14(13)16(19)20-2/h3-10,12,18H,11H2,1-2H3/t12-/m1/s1. The highest BCUT2D eigenvalue weighted by atomic mass is 16.5. The van der Waals surface area contributed by atoms with E-state index in [0.717, 1.165) is 11.3 Å². The molecule has 0 aliphatic carbocycles. The average Bonchev–Trinajstić information content (AvgIpc) is 2.53. The van der Waals surface area contributed by atoms with Crippen molar-refractivity contribution < 1.29 is 9.53 Å². The second-order valence-electron chi connectivity index (χ2n) is 4.51. The van der Waals surface area contributed by atoms with Gasteiger partial charge >= 0.3 is 5.97 Å². The van der Waals surface area contributed by atoms with E-state index in [4.69, 9.17) is 4.74 Å². The van der Waals surface area contributed by atoms with Gasteiger partial charge in [-0.05, 0) is 30.7 Å². The molecule has 0 fully saturated rings. The van der Waals surface area contributed by atoms with Crippen LogP contribution in [-0.4, -0.2) is 18.1 Å². The molecular weight excluding hydrogens is 252 g/mol. The molecule has 0 unspecified atom stereocenters. The predicted molar refractivity (Wildman–Crippen MR) is 77.3 cm³/mol. The number of benzene rings is 1. The van der Waals surface area contributed by atoms with Crippen molar-refractivity contribution in [2.75, 3.05) is 7.11 Å². The molecule has 20 heavy (non-hydrogen) atoms. The molecule has 1 aromatic carbocycles. The molecule has 104 valence electrons. The highest BCUT2D eigenvalue weighted by Crippen LogP contribution is 2.13. The van der Waals surface area contributed by atoms with Gasteiger partial charge in [0.1, 0.15) is 0 Å². The summed E-state index contributed by atoms with van der Waals surface area (Å²) in [7, 11) is 1.39. The first-order valence-electron chi connectivity index (χ1n) is 6.53. The molecule has 0 amide bonds. The molecule has 2 aromatic rings. The predicted octanol–water partition coefficient (Wildman–Crippen LogP) is 2.72. The minimum atomic E-state index is -0.312. The number of hydrogen-bond donors (Lipinski definition) is 1. The van der Waals surface area contributed by atoms with Gasteiger partial charge in [0.05, 0.1) is 18.4 Å². The maximum atomic E-state index is 11.7. The monoisotopic (exact) mass is 270 g/mol. The molecule has 0 saturated heterocycles. The topological polar surface area (TPSA) is 51.2 Å². The molecule has 1 heterocycles. The van der Waals surface area contributed by atoms with E-state index in [1.807, 2.05) is 43.3 Å². The van der Waals surface area contributed by atoms with Crippen molar-refractivity contribution in [2.24, 2.45) is 0 Å². The molecule has 2 rings (SSSR count). The second-order valence-corrected chi connectivity index (χ2v) is 4.51. The van der Waals surface area contributed by atoms with Gasteiger partial charge in [0.15, 0.2) is 0 Å². The Kier molecular flexibility index (Phi) is 4.85. The lowest BCUT2D eigenvalue weighted by Crippen LogP contribution is -2.20. The van der Waals surface area contributed by atoms with Crippen LogP contribution in [0.1, 0.15) is 34.6 Å². The molecule has 1 atom stereocenters. The lowest BCUT2D eigenvalue weighted by Gasteiger charge is -2.14. The first kappa shape index (κ1) is 14.2. The van der Waals surface area contributed by atoms with Crippen LogP contribution >= 0.6 is 0 Å². The quantitative estimate of drug-likeness (QED) is 0.849. The van der Waals surface area contributed by atoms with Crippen LogP contribution < -0.4 is 5.32 Å². The summed E-state index contributed by atoms with van der Waals surface area (Å²) in [6, 6.07) is 13.4. The van der Waals surface area contributed by atoms with E-state index < -0.39 is 0 Å². The van der Waals surface area contributed by atoms with E-state index in [1.54, 1.807) is 12.3 Å². The zero-order valence-electron chi connectivity index (χ0n) is 11.7. The Hall–Kier alpha value is -2.20. The molecule has 0 spiro atoms. The number of carbonyl (C=O) groups is 1. The fourth-order valence-electron chi connectivity index (χ4n) is 1.98. The van der Waals surface area contributed by atoms with Gasteiger partial charge in [-0.1, -0.05) is 24.3 Å². The highest BCUT2D eigenvalue weighted by Gasteiger charge is 2.12. The Labute approximate surface area is 118 Å². The zero-order chi connectivity index (χ0) is 14.4. The van der Waals surface area contributed by atoms with Gasteiger partial charge in [0.25, 0.3) is 0 Å². The number of methoxy groups -OCH3 is 1. The minimum Gasteiger partial charge on any atom is -0.465 e. The Morgan fingerprint density at radius 1 is 1.25 bits per heavy atom. The number of carbonyl (C=O) groups excluding carboxylic acids is 1. The summed E-state index contributed by atoms with van der Waals surface area (Å²) in [6.45, 7) is 2.63. The zero-order valence-corrected chi connectivity index (χ0v) is 11.7. The molecule has 4 heteroatoms. The maximum absolute atomic E-state index is 11.7. The summed E-state index contributed by atoms with van der Waals surface area (Å²) in [5, 5.41) is 3.36. The largest absolute Gasteiger partial charge is 0.465 e. The summed E-state index contributed by atoms with van der Waals surface area (Å²) in [5.74, 6) is -0.312. The van der Waals surface area contributed by atoms with Crippen molar-refractivity contribution in [1.82, 2.24) is 10.3 Å². The lowest BCUT2D eigenvalue weighted by molar-refractivity contribution is 0.0599. The summed E-state index contributed by atoms with van der Waals surface area (Å²) < 4.78 is 4.79. The molecule has 1 aromatic heterocycles. The van der Waals surface area contributed by atoms with Crippen LogP contribution in [0, 0.1) is 0 Å². The van der Waals surface area contributed by atoms with Crippen LogP contribution in [0.15, 0.2) is 48.7 Å². The molecule has 4 nitrogen and oxygen atoms in total. The SMILES string of the molecule is COC(=O)c1ccccc1CN[C@H](C)c1ccccn1. The molecule has 0 bridgehead atoms.